The first kappa shape index (κ1) is 20.5. The molecule has 1 aromatic carbocycles. The van der Waals surface area contributed by atoms with Crippen molar-refractivity contribution in [2.24, 2.45) is 0 Å². The fraction of sp³-hybridized carbons (Fsp3) is 0.591. The molecule has 0 amide bonds. The van der Waals surface area contributed by atoms with Crippen molar-refractivity contribution >= 4 is 5.97 Å². The van der Waals surface area contributed by atoms with Crippen LogP contribution < -0.4 is 0 Å². The Hall–Kier alpha value is -1.57. The van der Waals surface area contributed by atoms with Gasteiger partial charge < -0.3 is 4.74 Å². The molecule has 1 atom stereocenters. The second kappa shape index (κ2) is 13.8. The number of allylic oxidation sites excluding steroid dienone is 2. The van der Waals surface area contributed by atoms with Gasteiger partial charge in [-0.2, -0.15) is 0 Å². The van der Waals surface area contributed by atoms with Crippen LogP contribution >= 0.6 is 0 Å². The number of esters is 1. The lowest BCUT2D eigenvalue weighted by Gasteiger charge is -2.13. The molecule has 0 saturated heterocycles. The summed E-state index contributed by atoms with van der Waals surface area (Å²) in [6.45, 7) is 4.16. The summed E-state index contributed by atoms with van der Waals surface area (Å²) >= 11 is 0. The summed E-state index contributed by atoms with van der Waals surface area (Å²) in [6, 6.07) is 9.90. The lowest BCUT2D eigenvalue weighted by molar-refractivity contribution is -0.148. The van der Waals surface area contributed by atoms with E-state index >= 15 is 0 Å². The van der Waals surface area contributed by atoms with Gasteiger partial charge in [0.15, 0.2) is 0 Å². The maximum absolute atomic E-state index is 11.9. The smallest absolute Gasteiger partial charge is 0.306 e. The SMILES string of the molecule is CCCC/C=C\CCCCCCCC(=O)OC(C)c1ccccc1. The Kier molecular flexibility index (Phi) is 11.8. The first-order valence-corrected chi connectivity index (χ1v) is 9.63. The Morgan fingerprint density at radius 2 is 1.58 bits per heavy atom. The molecule has 0 aliphatic rings. The summed E-state index contributed by atoms with van der Waals surface area (Å²) < 4.78 is 5.48. The third-order valence-corrected chi connectivity index (χ3v) is 4.22. The normalized spacial score (nSPS) is 12.4. The summed E-state index contributed by atoms with van der Waals surface area (Å²) in [5.74, 6) is -0.0785. The summed E-state index contributed by atoms with van der Waals surface area (Å²) in [7, 11) is 0. The number of carbonyl (C=O) groups is 1. The average molecular weight is 331 g/mol. The quantitative estimate of drug-likeness (QED) is 0.227. The van der Waals surface area contributed by atoms with Gasteiger partial charge in [0.05, 0.1) is 0 Å². The van der Waals surface area contributed by atoms with E-state index in [2.05, 4.69) is 19.1 Å². The molecule has 0 heterocycles. The molecule has 1 aromatic rings. The van der Waals surface area contributed by atoms with Crippen LogP contribution in [0.2, 0.25) is 0 Å². The van der Waals surface area contributed by atoms with E-state index in [1.54, 1.807) is 0 Å². The van der Waals surface area contributed by atoms with Gasteiger partial charge in [0.2, 0.25) is 0 Å². The van der Waals surface area contributed by atoms with E-state index in [1.807, 2.05) is 37.3 Å². The van der Waals surface area contributed by atoms with E-state index in [-0.39, 0.29) is 12.1 Å². The fourth-order valence-corrected chi connectivity index (χ4v) is 2.67. The topological polar surface area (TPSA) is 26.3 Å². The Balaban J connectivity index is 1.97. The van der Waals surface area contributed by atoms with Gasteiger partial charge >= 0.3 is 5.97 Å². The molecule has 24 heavy (non-hydrogen) atoms. The van der Waals surface area contributed by atoms with Crippen LogP contribution in [-0.2, 0) is 9.53 Å². The van der Waals surface area contributed by atoms with E-state index in [4.69, 9.17) is 4.74 Å². The van der Waals surface area contributed by atoms with Crippen LogP contribution in [0.3, 0.4) is 0 Å². The van der Waals surface area contributed by atoms with Crippen LogP contribution in [0.15, 0.2) is 42.5 Å². The molecule has 134 valence electrons. The zero-order chi connectivity index (χ0) is 17.5. The van der Waals surface area contributed by atoms with Crippen molar-refractivity contribution < 1.29 is 9.53 Å². The Labute approximate surface area is 148 Å². The summed E-state index contributed by atoms with van der Waals surface area (Å²) in [5, 5.41) is 0. The van der Waals surface area contributed by atoms with Gasteiger partial charge in [0, 0.05) is 6.42 Å². The molecule has 0 N–H and O–H groups in total. The molecule has 0 aromatic heterocycles. The fourth-order valence-electron chi connectivity index (χ4n) is 2.67. The lowest BCUT2D eigenvalue weighted by Crippen LogP contribution is -2.08. The highest BCUT2D eigenvalue weighted by Gasteiger charge is 2.10. The highest BCUT2D eigenvalue weighted by molar-refractivity contribution is 5.69. The molecule has 0 spiro atoms. The van der Waals surface area contributed by atoms with Crippen molar-refractivity contribution in [3.8, 4) is 0 Å². The van der Waals surface area contributed by atoms with E-state index < -0.39 is 0 Å². The third-order valence-electron chi connectivity index (χ3n) is 4.22. The second-order valence-electron chi connectivity index (χ2n) is 6.46. The minimum Gasteiger partial charge on any atom is -0.458 e. The van der Waals surface area contributed by atoms with E-state index in [0.717, 1.165) is 18.4 Å². The number of carbonyl (C=O) groups excluding carboxylic acids is 1. The highest BCUT2D eigenvalue weighted by atomic mass is 16.5. The van der Waals surface area contributed by atoms with E-state index in [1.165, 1.54) is 44.9 Å². The summed E-state index contributed by atoms with van der Waals surface area (Å²) in [6.07, 6.45) is 15.8. The number of benzene rings is 1. The van der Waals surface area contributed by atoms with Gasteiger partial charge in [0.1, 0.15) is 6.10 Å². The molecule has 0 radical (unpaired) electrons. The monoisotopic (exact) mass is 330 g/mol. The largest absolute Gasteiger partial charge is 0.458 e. The standard InChI is InChI=1S/C22H34O2/c1-3-4-5-6-7-8-9-10-11-12-16-19-22(23)24-20(2)21-17-14-13-15-18-21/h6-7,13-15,17-18,20H,3-5,8-12,16,19H2,1-2H3/b7-6-. The van der Waals surface area contributed by atoms with Crippen molar-refractivity contribution in [1.82, 2.24) is 0 Å². The number of ether oxygens (including phenoxy) is 1. The summed E-state index contributed by atoms with van der Waals surface area (Å²) in [5.41, 5.74) is 1.05. The van der Waals surface area contributed by atoms with Crippen LogP contribution in [0.25, 0.3) is 0 Å². The predicted molar refractivity (Wildman–Crippen MR) is 102 cm³/mol. The van der Waals surface area contributed by atoms with Gasteiger partial charge in [0.25, 0.3) is 0 Å². The molecule has 1 rings (SSSR count). The van der Waals surface area contributed by atoms with Crippen molar-refractivity contribution in [2.45, 2.75) is 84.2 Å². The zero-order valence-electron chi connectivity index (χ0n) is 15.5. The van der Waals surface area contributed by atoms with Crippen LogP contribution in [-0.4, -0.2) is 5.97 Å². The van der Waals surface area contributed by atoms with Crippen LogP contribution in [0.5, 0.6) is 0 Å². The zero-order valence-corrected chi connectivity index (χ0v) is 15.5. The molecule has 0 aliphatic carbocycles. The van der Waals surface area contributed by atoms with Crippen molar-refractivity contribution in [3.05, 3.63) is 48.0 Å². The number of rotatable bonds is 13. The first-order valence-electron chi connectivity index (χ1n) is 9.63. The molecule has 2 heteroatoms. The van der Waals surface area contributed by atoms with Gasteiger partial charge in [-0.05, 0) is 38.2 Å². The van der Waals surface area contributed by atoms with Crippen molar-refractivity contribution in [1.29, 1.82) is 0 Å². The number of hydrogen-bond acceptors (Lipinski definition) is 2. The Morgan fingerprint density at radius 1 is 0.958 bits per heavy atom. The third kappa shape index (κ3) is 10.3. The summed E-state index contributed by atoms with van der Waals surface area (Å²) in [4.78, 5) is 11.9. The van der Waals surface area contributed by atoms with Gasteiger partial charge in [-0.15, -0.1) is 0 Å². The Morgan fingerprint density at radius 3 is 2.29 bits per heavy atom. The molecular formula is C22H34O2. The molecule has 0 saturated carbocycles. The highest BCUT2D eigenvalue weighted by Crippen LogP contribution is 2.17. The Bertz CT molecular complexity index is 450. The number of hydrogen-bond donors (Lipinski definition) is 0. The molecule has 0 fully saturated rings. The van der Waals surface area contributed by atoms with Crippen LogP contribution in [0.1, 0.15) is 89.7 Å². The molecule has 0 aliphatic heterocycles. The maximum atomic E-state index is 11.9. The maximum Gasteiger partial charge on any atom is 0.306 e. The van der Waals surface area contributed by atoms with E-state index in [9.17, 15) is 4.79 Å². The molecule has 2 nitrogen and oxygen atoms in total. The average Bonchev–Trinajstić information content (AvgIpc) is 2.60. The lowest BCUT2D eigenvalue weighted by atomic mass is 10.1. The molecule has 1 unspecified atom stereocenters. The van der Waals surface area contributed by atoms with E-state index in [0.29, 0.717) is 6.42 Å². The van der Waals surface area contributed by atoms with Crippen LogP contribution in [0, 0.1) is 0 Å². The number of unbranched alkanes of at least 4 members (excludes halogenated alkanes) is 7. The minimum absolute atomic E-state index is 0.0785. The van der Waals surface area contributed by atoms with Crippen LogP contribution in [0.4, 0.5) is 0 Å². The first-order chi connectivity index (χ1) is 11.7. The van der Waals surface area contributed by atoms with Gasteiger partial charge in [-0.1, -0.05) is 81.5 Å². The second-order valence-corrected chi connectivity index (χ2v) is 6.46. The van der Waals surface area contributed by atoms with Crippen molar-refractivity contribution in [2.75, 3.05) is 0 Å². The minimum atomic E-state index is -0.154. The van der Waals surface area contributed by atoms with Crippen molar-refractivity contribution in [3.63, 3.8) is 0 Å². The predicted octanol–water partition coefficient (Wildman–Crippen LogP) is 6.77. The van der Waals surface area contributed by atoms with Gasteiger partial charge in [-0.25, -0.2) is 0 Å². The molecule has 0 bridgehead atoms. The molecular weight excluding hydrogens is 296 g/mol. The van der Waals surface area contributed by atoms with Gasteiger partial charge in [-0.3, -0.25) is 4.79 Å².